The quantitative estimate of drug-likeness (QED) is 0.874. The Morgan fingerprint density at radius 2 is 1.77 bits per heavy atom. The summed E-state index contributed by atoms with van der Waals surface area (Å²) in [6.07, 6.45) is 4.29. The summed E-state index contributed by atoms with van der Waals surface area (Å²) in [7, 11) is 0. The van der Waals surface area contributed by atoms with E-state index in [1.165, 1.54) is 6.07 Å². The second-order valence-electron chi connectivity index (χ2n) is 5.72. The van der Waals surface area contributed by atoms with E-state index < -0.39 is 35.9 Å². The summed E-state index contributed by atoms with van der Waals surface area (Å²) in [6, 6.07) is 2.65. The Labute approximate surface area is 128 Å². The van der Waals surface area contributed by atoms with Gasteiger partial charge in [-0.15, -0.1) is 0 Å². The number of rotatable bonds is 5. The van der Waals surface area contributed by atoms with Crippen molar-refractivity contribution in [1.82, 2.24) is 5.32 Å². The van der Waals surface area contributed by atoms with Crippen molar-refractivity contribution in [2.75, 3.05) is 0 Å². The van der Waals surface area contributed by atoms with Crippen LogP contribution in [-0.2, 0) is 16.0 Å². The van der Waals surface area contributed by atoms with Crippen molar-refractivity contribution in [3.63, 3.8) is 0 Å². The lowest BCUT2D eigenvalue weighted by molar-refractivity contribution is -0.128. The van der Waals surface area contributed by atoms with E-state index >= 15 is 0 Å². The van der Waals surface area contributed by atoms with E-state index in [1.54, 1.807) is 0 Å². The molecule has 0 radical (unpaired) electrons. The van der Waals surface area contributed by atoms with Crippen LogP contribution >= 0.6 is 0 Å². The number of hydrogen-bond acceptors (Lipinski definition) is 2. The Morgan fingerprint density at radius 1 is 1.18 bits per heavy atom. The first-order valence-corrected chi connectivity index (χ1v) is 7.50. The predicted molar refractivity (Wildman–Crippen MR) is 77.8 cm³/mol. The molecule has 0 bridgehead atoms. The van der Waals surface area contributed by atoms with Crippen LogP contribution in [0.3, 0.4) is 0 Å². The second kappa shape index (κ2) is 7.33. The van der Waals surface area contributed by atoms with Crippen LogP contribution in [0.2, 0.25) is 0 Å². The average Bonchev–Trinajstić information content (AvgIpc) is 2.49. The smallest absolute Gasteiger partial charge is 0.240 e. The molecule has 1 fully saturated rings. The van der Waals surface area contributed by atoms with Crippen LogP contribution in [0.1, 0.15) is 37.7 Å². The molecule has 2 rings (SSSR count). The van der Waals surface area contributed by atoms with Crippen molar-refractivity contribution in [3.05, 3.63) is 35.4 Å². The van der Waals surface area contributed by atoms with E-state index in [0.29, 0.717) is 0 Å². The molecule has 6 heteroatoms. The van der Waals surface area contributed by atoms with Gasteiger partial charge in [-0.25, -0.2) is 8.78 Å². The lowest BCUT2D eigenvalue weighted by atomic mass is 9.83. The molecule has 120 valence electrons. The van der Waals surface area contributed by atoms with Crippen molar-refractivity contribution in [1.29, 1.82) is 0 Å². The Morgan fingerprint density at radius 3 is 2.32 bits per heavy atom. The molecule has 1 aromatic rings. The van der Waals surface area contributed by atoms with Crippen LogP contribution in [0.5, 0.6) is 0 Å². The largest absolute Gasteiger partial charge is 0.368 e. The Bertz CT molecular complexity index is 537. The highest BCUT2D eigenvalue weighted by Gasteiger charge is 2.29. The molecule has 0 saturated heterocycles. The zero-order valence-electron chi connectivity index (χ0n) is 12.3. The summed E-state index contributed by atoms with van der Waals surface area (Å²) in [5.41, 5.74) is 5.07. The van der Waals surface area contributed by atoms with Gasteiger partial charge in [-0.3, -0.25) is 9.59 Å². The van der Waals surface area contributed by atoms with Crippen LogP contribution in [0.4, 0.5) is 8.78 Å². The number of hydrogen-bond donors (Lipinski definition) is 2. The van der Waals surface area contributed by atoms with Crippen molar-refractivity contribution >= 4 is 11.8 Å². The maximum Gasteiger partial charge on any atom is 0.240 e. The molecule has 1 saturated carbocycles. The number of primary amides is 1. The zero-order chi connectivity index (χ0) is 16.1. The molecule has 2 amide bonds. The molecule has 1 aromatic carbocycles. The van der Waals surface area contributed by atoms with Crippen LogP contribution in [0.25, 0.3) is 0 Å². The fourth-order valence-corrected chi connectivity index (χ4v) is 2.98. The van der Waals surface area contributed by atoms with E-state index in [1.807, 2.05) is 0 Å². The van der Waals surface area contributed by atoms with Crippen molar-refractivity contribution in [2.45, 2.75) is 44.6 Å². The van der Waals surface area contributed by atoms with E-state index in [-0.39, 0.29) is 11.5 Å². The van der Waals surface area contributed by atoms with Gasteiger partial charge in [0.15, 0.2) is 0 Å². The first-order valence-electron chi connectivity index (χ1n) is 7.50. The van der Waals surface area contributed by atoms with Gasteiger partial charge >= 0.3 is 0 Å². The highest BCUT2D eigenvalue weighted by molar-refractivity contribution is 5.87. The first-order chi connectivity index (χ1) is 10.5. The van der Waals surface area contributed by atoms with E-state index in [0.717, 1.165) is 44.2 Å². The van der Waals surface area contributed by atoms with Crippen molar-refractivity contribution in [3.8, 4) is 0 Å². The van der Waals surface area contributed by atoms with Crippen LogP contribution in [0, 0.1) is 17.6 Å². The maximum absolute atomic E-state index is 13.5. The molecule has 3 N–H and O–H groups in total. The lowest BCUT2D eigenvalue weighted by Crippen LogP contribution is -2.50. The third-order valence-electron chi connectivity index (χ3n) is 4.14. The Balaban J connectivity index is 2.03. The number of halogens is 2. The molecule has 0 unspecified atom stereocenters. The van der Waals surface area contributed by atoms with Gasteiger partial charge in [-0.1, -0.05) is 25.3 Å². The van der Waals surface area contributed by atoms with Crippen molar-refractivity contribution in [2.24, 2.45) is 11.7 Å². The normalized spacial score (nSPS) is 17.0. The van der Waals surface area contributed by atoms with Crippen molar-refractivity contribution < 1.29 is 18.4 Å². The number of nitrogens with two attached hydrogens (primary N) is 1. The summed E-state index contributed by atoms with van der Waals surface area (Å²) >= 11 is 0. The van der Waals surface area contributed by atoms with Gasteiger partial charge in [0.25, 0.3) is 0 Å². The molecular formula is C16H20F2N2O2. The molecule has 1 aliphatic carbocycles. The maximum atomic E-state index is 13.5. The molecule has 0 heterocycles. The third-order valence-corrected chi connectivity index (χ3v) is 4.14. The zero-order valence-corrected chi connectivity index (χ0v) is 12.3. The Hall–Kier alpha value is -1.98. The number of benzene rings is 1. The molecule has 0 spiro atoms. The fourth-order valence-electron chi connectivity index (χ4n) is 2.98. The molecule has 1 aliphatic rings. The van der Waals surface area contributed by atoms with E-state index in [9.17, 15) is 18.4 Å². The van der Waals surface area contributed by atoms with Crippen LogP contribution in [0.15, 0.2) is 18.2 Å². The number of carbonyl (C=O) groups excluding carboxylic acids is 2. The topological polar surface area (TPSA) is 72.2 Å². The fraction of sp³-hybridized carbons (Fsp3) is 0.500. The summed E-state index contributed by atoms with van der Waals surface area (Å²) in [4.78, 5) is 23.6. The van der Waals surface area contributed by atoms with Gasteiger partial charge in [0, 0.05) is 5.56 Å². The van der Waals surface area contributed by atoms with Gasteiger partial charge in [0.2, 0.25) is 11.8 Å². The van der Waals surface area contributed by atoms with Gasteiger partial charge in [0.05, 0.1) is 6.42 Å². The molecule has 22 heavy (non-hydrogen) atoms. The Kier molecular flexibility index (Phi) is 5.46. The predicted octanol–water partition coefficient (Wildman–Crippen LogP) is 2.06. The van der Waals surface area contributed by atoms with Gasteiger partial charge in [-0.2, -0.15) is 0 Å². The third kappa shape index (κ3) is 4.02. The average molecular weight is 310 g/mol. The van der Waals surface area contributed by atoms with Gasteiger partial charge in [0.1, 0.15) is 17.7 Å². The molecule has 1 atom stereocenters. The molecule has 0 aromatic heterocycles. The highest BCUT2D eigenvalue weighted by atomic mass is 19.1. The minimum atomic E-state index is -0.775. The molecule has 4 nitrogen and oxygen atoms in total. The van der Waals surface area contributed by atoms with Gasteiger partial charge in [-0.05, 0) is 30.9 Å². The summed E-state index contributed by atoms with van der Waals surface area (Å²) in [5.74, 6) is -2.75. The second-order valence-corrected chi connectivity index (χ2v) is 5.72. The lowest BCUT2D eigenvalue weighted by Gasteiger charge is -2.28. The summed E-state index contributed by atoms with van der Waals surface area (Å²) in [6.45, 7) is 0. The van der Waals surface area contributed by atoms with Crippen LogP contribution in [-0.4, -0.2) is 17.9 Å². The molecule has 0 aliphatic heterocycles. The number of amides is 2. The number of nitrogens with one attached hydrogen (secondary N) is 1. The van der Waals surface area contributed by atoms with Gasteiger partial charge < -0.3 is 11.1 Å². The van der Waals surface area contributed by atoms with Crippen LogP contribution < -0.4 is 11.1 Å². The number of carbonyl (C=O) groups is 2. The standard InChI is InChI=1S/C16H20F2N2O2/c17-12-7-4-8-13(18)11(12)9-14(21)20-15(16(19)22)10-5-2-1-3-6-10/h4,7-8,10,15H,1-3,5-6,9H2,(H2,19,22)(H,20,21)/t15-/m0/s1. The van der Waals surface area contributed by atoms with E-state index in [2.05, 4.69) is 5.32 Å². The SMILES string of the molecule is NC(=O)[C@@H](NC(=O)Cc1c(F)cccc1F)C1CCCCC1. The highest BCUT2D eigenvalue weighted by Crippen LogP contribution is 2.26. The summed E-state index contributed by atoms with van der Waals surface area (Å²) < 4.78 is 27.1. The summed E-state index contributed by atoms with van der Waals surface area (Å²) in [5, 5.41) is 2.54. The monoisotopic (exact) mass is 310 g/mol. The minimum absolute atomic E-state index is 0.000618. The molecular weight excluding hydrogens is 290 g/mol. The minimum Gasteiger partial charge on any atom is -0.368 e. The van der Waals surface area contributed by atoms with E-state index in [4.69, 9.17) is 5.73 Å². The first kappa shape index (κ1) is 16.4.